The summed E-state index contributed by atoms with van der Waals surface area (Å²) in [5.41, 5.74) is 2.15. The Morgan fingerprint density at radius 3 is 2.44 bits per heavy atom. The zero-order valence-electron chi connectivity index (χ0n) is 9.56. The summed E-state index contributed by atoms with van der Waals surface area (Å²) in [7, 11) is 0. The number of rotatable bonds is 2. The Kier molecular flexibility index (Phi) is 2.53. The molecule has 0 aliphatic rings. The van der Waals surface area contributed by atoms with Gasteiger partial charge in [0.2, 0.25) is 0 Å². The molecule has 2 heterocycles. The molecule has 0 radical (unpaired) electrons. The molecule has 0 saturated heterocycles. The number of nitrogens with zero attached hydrogens (tertiary/aromatic N) is 3. The topological polar surface area (TPSA) is 50.9 Å². The van der Waals surface area contributed by atoms with E-state index in [2.05, 4.69) is 10.1 Å². The average Bonchev–Trinajstić information content (AvgIpc) is 2.90. The molecule has 2 aromatic heterocycles. The Hall–Kier alpha value is -2.62. The first-order chi connectivity index (χ1) is 8.83. The smallest absolute Gasteiger partial charge is 0.153 e. The second-order valence-corrected chi connectivity index (χ2v) is 3.91. The Labute approximate surface area is 104 Å². The van der Waals surface area contributed by atoms with Gasteiger partial charge in [-0.1, -0.05) is 30.3 Å². The summed E-state index contributed by atoms with van der Waals surface area (Å²) in [6.07, 6.45) is 5.11. The summed E-state index contributed by atoms with van der Waals surface area (Å²) in [5.74, 6) is 0.823. The van der Waals surface area contributed by atoms with Gasteiger partial charge in [0.15, 0.2) is 5.82 Å². The van der Waals surface area contributed by atoms with E-state index in [0.717, 1.165) is 11.1 Å². The zero-order valence-corrected chi connectivity index (χ0v) is 9.56. The van der Waals surface area contributed by atoms with Crippen molar-refractivity contribution in [1.82, 2.24) is 14.8 Å². The van der Waals surface area contributed by atoms with E-state index < -0.39 is 0 Å². The summed E-state index contributed by atoms with van der Waals surface area (Å²) < 4.78 is 1.68. The molecule has 4 nitrogen and oxygen atoms in total. The minimum absolute atomic E-state index is 0.147. The van der Waals surface area contributed by atoms with Crippen LogP contribution in [-0.4, -0.2) is 19.9 Å². The van der Waals surface area contributed by atoms with Crippen LogP contribution in [0.15, 0.2) is 61.1 Å². The zero-order chi connectivity index (χ0) is 12.4. The molecule has 88 valence electrons. The second-order valence-electron chi connectivity index (χ2n) is 3.91. The van der Waals surface area contributed by atoms with Crippen LogP contribution in [-0.2, 0) is 0 Å². The minimum atomic E-state index is 0.147. The molecule has 0 aliphatic heterocycles. The molecule has 4 heteroatoms. The summed E-state index contributed by atoms with van der Waals surface area (Å²) >= 11 is 0. The van der Waals surface area contributed by atoms with E-state index in [0.29, 0.717) is 5.82 Å². The molecule has 0 fully saturated rings. The Balaban J connectivity index is 1.97. The molecule has 0 saturated carbocycles. The van der Waals surface area contributed by atoms with Crippen molar-refractivity contribution in [2.75, 3.05) is 0 Å². The van der Waals surface area contributed by atoms with Crippen LogP contribution in [0.3, 0.4) is 0 Å². The van der Waals surface area contributed by atoms with Crippen LogP contribution in [0, 0.1) is 0 Å². The average molecular weight is 237 g/mol. The van der Waals surface area contributed by atoms with E-state index in [4.69, 9.17) is 0 Å². The molecule has 0 spiro atoms. The summed E-state index contributed by atoms with van der Waals surface area (Å²) in [5, 5.41) is 13.5. The largest absolute Gasteiger partial charge is 0.506 e. The molecule has 0 atom stereocenters. The van der Waals surface area contributed by atoms with Crippen LogP contribution < -0.4 is 0 Å². The lowest BCUT2D eigenvalue weighted by Crippen LogP contribution is -1.96. The summed E-state index contributed by atoms with van der Waals surface area (Å²) in [6, 6.07) is 13.3. The number of pyridine rings is 1. The summed E-state index contributed by atoms with van der Waals surface area (Å²) in [6.45, 7) is 0. The SMILES string of the molecule is Oc1ccc(-n2cc(-c3ccccc3)cn2)nc1. The van der Waals surface area contributed by atoms with E-state index in [-0.39, 0.29) is 5.75 Å². The van der Waals surface area contributed by atoms with Crippen LogP contribution >= 0.6 is 0 Å². The van der Waals surface area contributed by atoms with Crippen molar-refractivity contribution < 1.29 is 5.11 Å². The minimum Gasteiger partial charge on any atom is -0.506 e. The first-order valence-electron chi connectivity index (χ1n) is 5.58. The van der Waals surface area contributed by atoms with Crippen LogP contribution in [0.2, 0.25) is 0 Å². The predicted octanol–water partition coefficient (Wildman–Crippen LogP) is 2.64. The highest BCUT2D eigenvalue weighted by Gasteiger charge is 2.03. The Morgan fingerprint density at radius 1 is 0.889 bits per heavy atom. The lowest BCUT2D eigenvalue weighted by Gasteiger charge is -1.99. The van der Waals surface area contributed by atoms with E-state index in [1.807, 2.05) is 36.5 Å². The predicted molar refractivity (Wildman–Crippen MR) is 68.5 cm³/mol. The van der Waals surface area contributed by atoms with Crippen molar-refractivity contribution in [3.8, 4) is 22.7 Å². The molecule has 1 N–H and O–H groups in total. The first kappa shape index (κ1) is 10.5. The summed E-state index contributed by atoms with van der Waals surface area (Å²) in [4.78, 5) is 4.11. The van der Waals surface area contributed by atoms with Crippen molar-refractivity contribution in [3.05, 3.63) is 61.1 Å². The number of aromatic nitrogens is 3. The van der Waals surface area contributed by atoms with Crippen LogP contribution in [0.5, 0.6) is 5.75 Å². The van der Waals surface area contributed by atoms with Gasteiger partial charge in [0.05, 0.1) is 12.4 Å². The maximum absolute atomic E-state index is 9.19. The molecular weight excluding hydrogens is 226 g/mol. The number of hydrogen-bond acceptors (Lipinski definition) is 3. The maximum atomic E-state index is 9.19. The van der Waals surface area contributed by atoms with Crippen molar-refractivity contribution in [1.29, 1.82) is 0 Å². The van der Waals surface area contributed by atoms with Gasteiger partial charge in [-0.3, -0.25) is 0 Å². The van der Waals surface area contributed by atoms with Crippen molar-refractivity contribution in [2.24, 2.45) is 0 Å². The first-order valence-corrected chi connectivity index (χ1v) is 5.58. The third-order valence-corrected chi connectivity index (χ3v) is 2.66. The number of aromatic hydroxyl groups is 1. The highest BCUT2D eigenvalue weighted by molar-refractivity contribution is 5.61. The second kappa shape index (κ2) is 4.33. The normalized spacial score (nSPS) is 10.4. The van der Waals surface area contributed by atoms with Crippen LogP contribution in [0.1, 0.15) is 0 Å². The van der Waals surface area contributed by atoms with Crippen LogP contribution in [0.25, 0.3) is 16.9 Å². The van der Waals surface area contributed by atoms with Gasteiger partial charge in [-0.25, -0.2) is 9.67 Å². The van der Waals surface area contributed by atoms with Gasteiger partial charge in [-0.15, -0.1) is 0 Å². The van der Waals surface area contributed by atoms with E-state index in [1.54, 1.807) is 23.0 Å². The molecule has 3 aromatic rings. The highest BCUT2D eigenvalue weighted by atomic mass is 16.3. The number of benzene rings is 1. The quantitative estimate of drug-likeness (QED) is 0.745. The molecule has 0 bridgehead atoms. The van der Waals surface area contributed by atoms with Gasteiger partial charge >= 0.3 is 0 Å². The fourth-order valence-corrected chi connectivity index (χ4v) is 1.74. The lowest BCUT2D eigenvalue weighted by atomic mass is 10.1. The van der Waals surface area contributed by atoms with Gasteiger partial charge < -0.3 is 5.11 Å². The fraction of sp³-hybridized carbons (Fsp3) is 0. The third-order valence-electron chi connectivity index (χ3n) is 2.66. The third kappa shape index (κ3) is 1.96. The molecule has 18 heavy (non-hydrogen) atoms. The van der Waals surface area contributed by atoms with Crippen LogP contribution in [0.4, 0.5) is 0 Å². The Morgan fingerprint density at radius 2 is 1.72 bits per heavy atom. The van der Waals surface area contributed by atoms with Gasteiger partial charge in [0.25, 0.3) is 0 Å². The van der Waals surface area contributed by atoms with E-state index in [9.17, 15) is 5.11 Å². The van der Waals surface area contributed by atoms with Crippen molar-refractivity contribution in [3.63, 3.8) is 0 Å². The van der Waals surface area contributed by atoms with E-state index in [1.165, 1.54) is 6.20 Å². The molecular formula is C14H11N3O. The molecule has 0 amide bonds. The van der Waals surface area contributed by atoms with Gasteiger partial charge in [0.1, 0.15) is 5.75 Å². The van der Waals surface area contributed by atoms with Crippen molar-refractivity contribution in [2.45, 2.75) is 0 Å². The van der Waals surface area contributed by atoms with E-state index >= 15 is 0 Å². The van der Waals surface area contributed by atoms with Gasteiger partial charge in [-0.05, 0) is 17.7 Å². The molecule has 1 aromatic carbocycles. The molecule has 0 aliphatic carbocycles. The van der Waals surface area contributed by atoms with Crippen molar-refractivity contribution >= 4 is 0 Å². The fourth-order valence-electron chi connectivity index (χ4n) is 1.74. The molecule has 0 unspecified atom stereocenters. The van der Waals surface area contributed by atoms with Gasteiger partial charge in [0, 0.05) is 11.8 Å². The monoisotopic (exact) mass is 237 g/mol. The Bertz CT molecular complexity index is 644. The standard InChI is InChI=1S/C14H11N3O/c18-13-6-7-14(15-9-13)17-10-12(8-16-17)11-4-2-1-3-5-11/h1-10,18H. The lowest BCUT2D eigenvalue weighted by molar-refractivity contribution is 0.472. The molecule has 3 rings (SSSR count). The number of hydrogen-bond donors (Lipinski definition) is 1. The maximum Gasteiger partial charge on any atom is 0.153 e. The van der Waals surface area contributed by atoms with Gasteiger partial charge in [-0.2, -0.15) is 5.10 Å². The highest BCUT2D eigenvalue weighted by Crippen LogP contribution is 2.19.